The summed E-state index contributed by atoms with van der Waals surface area (Å²) in [4.78, 5) is 0. The van der Waals surface area contributed by atoms with E-state index in [4.69, 9.17) is 0 Å². The molecule has 20 heavy (non-hydrogen) atoms. The molecule has 2 aromatic carbocycles. The first kappa shape index (κ1) is 13.3. The van der Waals surface area contributed by atoms with Crippen molar-refractivity contribution < 1.29 is 0 Å². The summed E-state index contributed by atoms with van der Waals surface area (Å²) >= 11 is 2.00. The van der Waals surface area contributed by atoms with Gasteiger partial charge in [0.15, 0.2) is 0 Å². The Morgan fingerprint density at radius 3 is 2.50 bits per heavy atom. The Hall–Kier alpha value is -1.67. The summed E-state index contributed by atoms with van der Waals surface area (Å²) in [6.45, 7) is 3.28. The Morgan fingerprint density at radius 1 is 0.950 bits per heavy atom. The number of hydrogen-bond donors (Lipinski definition) is 0. The summed E-state index contributed by atoms with van der Waals surface area (Å²) in [7, 11) is 0. The lowest BCUT2D eigenvalue weighted by Gasteiger charge is -2.10. The molecule has 0 aliphatic carbocycles. The van der Waals surface area contributed by atoms with Crippen LogP contribution in [0.4, 0.5) is 0 Å². The predicted octanol–water partition coefficient (Wildman–Crippen LogP) is 5.06. The number of hydrogen-bond acceptors (Lipinski definition) is 1. The van der Waals surface area contributed by atoms with Gasteiger partial charge in [0, 0.05) is 28.9 Å². The molecular formula is C18H19NS. The van der Waals surface area contributed by atoms with Crippen molar-refractivity contribution in [3.05, 3.63) is 60.7 Å². The van der Waals surface area contributed by atoms with Crippen molar-refractivity contribution in [3.8, 4) is 11.3 Å². The highest BCUT2D eigenvalue weighted by Gasteiger charge is 2.09. The van der Waals surface area contributed by atoms with Gasteiger partial charge in [0.1, 0.15) is 0 Å². The Kier molecular flexibility index (Phi) is 4.12. The molecular weight excluding hydrogens is 262 g/mol. The predicted molar refractivity (Wildman–Crippen MR) is 90.4 cm³/mol. The number of thioether (sulfide) groups is 1. The summed E-state index contributed by atoms with van der Waals surface area (Å²) in [5.74, 6) is 2.34. The monoisotopic (exact) mass is 281 g/mol. The van der Waals surface area contributed by atoms with Gasteiger partial charge >= 0.3 is 0 Å². The van der Waals surface area contributed by atoms with Crippen molar-refractivity contribution in [2.45, 2.75) is 13.5 Å². The van der Waals surface area contributed by atoms with E-state index < -0.39 is 0 Å². The number of aryl methyl sites for hydroxylation is 1. The zero-order chi connectivity index (χ0) is 13.8. The Morgan fingerprint density at radius 2 is 1.70 bits per heavy atom. The van der Waals surface area contributed by atoms with Crippen LogP contribution in [0.15, 0.2) is 60.7 Å². The molecule has 0 spiro atoms. The second-order valence-corrected chi connectivity index (χ2v) is 6.20. The van der Waals surface area contributed by atoms with Crippen molar-refractivity contribution in [3.63, 3.8) is 0 Å². The molecule has 0 bridgehead atoms. The van der Waals surface area contributed by atoms with Crippen LogP contribution < -0.4 is 0 Å². The lowest BCUT2D eigenvalue weighted by molar-refractivity contribution is 0.815. The number of rotatable bonds is 5. The Balaban J connectivity index is 2.08. The van der Waals surface area contributed by atoms with Crippen LogP contribution in [0.2, 0.25) is 0 Å². The van der Waals surface area contributed by atoms with Gasteiger partial charge in [-0.1, -0.05) is 55.5 Å². The summed E-state index contributed by atoms with van der Waals surface area (Å²) in [6, 6.07) is 21.6. The SMILES string of the molecule is CCSCCn1c(-c2ccccc2)cc2ccccc21. The van der Waals surface area contributed by atoms with E-state index in [1.807, 2.05) is 11.8 Å². The van der Waals surface area contributed by atoms with E-state index in [0.717, 1.165) is 12.3 Å². The van der Waals surface area contributed by atoms with Gasteiger partial charge in [0.25, 0.3) is 0 Å². The molecule has 0 saturated heterocycles. The summed E-state index contributed by atoms with van der Waals surface area (Å²) in [6.07, 6.45) is 0. The summed E-state index contributed by atoms with van der Waals surface area (Å²) in [5.41, 5.74) is 3.96. The molecule has 0 aliphatic heterocycles. The molecule has 0 aliphatic rings. The van der Waals surface area contributed by atoms with E-state index in [1.165, 1.54) is 27.9 Å². The molecule has 3 aromatic rings. The fourth-order valence-electron chi connectivity index (χ4n) is 2.60. The number of para-hydroxylation sites is 1. The van der Waals surface area contributed by atoms with Gasteiger partial charge in [0.2, 0.25) is 0 Å². The molecule has 102 valence electrons. The third kappa shape index (κ3) is 2.61. The molecule has 1 nitrogen and oxygen atoms in total. The third-order valence-corrected chi connectivity index (χ3v) is 4.42. The highest BCUT2D eigenvalue weighted by Crippen LogP contribution is 2.28. The van der Waals surface area contributed by atoms with Crippen LogP contribution in [-0.4, -0.2) is 16.1 Å². The number of fused-ring (bicyclic) bond motifs is 1. The zero-order valence-electron chi connectivity index (χ0n) is 11.8. The minimum Gasteiger partial charge on any atom is -0.340 e. The minimum absolute atomic E-state index is 1.07. The van der Waals surface area contributed by atoms with Crippen LogP contribution in [0.3, 0.4) is 0 Å². The van der Waals surface area contributed by atoms with Crippen LogP contribution in [0.5, 0.6) is 0 Å². The summed E-state index contributed by atoms with van der Waals surface area (Å²) in [5, 5.41) is 1.33. The normalized spacial score (nSPS) is 11.1. The highest BCUT2D eigenvalue weighted by atomic mass is 32.2. The van der Waals surface area contributed by atoms with Crippen LogP contribution in [0, 0.1) is 0 Å². The van der Waals surface area contributed by atoms with Gasteiger partial charge in [-0.25, -0.2) is 0 Å². The van der Waals surface area contributed by atoms with E-state index >= 15 is 0 Å². The van der Waals surface area contributed by atoms with Gasteiger partial charge in [-0.05, 0) is 23.4 Å². The quantitative estimate of drug-likeness (QED) is 0.592. The first-order chi connectivity index (χ1) is 9.90. The maximum Gasteiger partial charge on any atom is 0.0491 e. The molecule has 0 atom stereocenters. The van der Waals surface area contributed by atoms with E-state index in [9.17, 15) is 0 Å². The molecule has 0 radical (unpaired) electrons. The van der Waals surface area contributed by atoms with Gasteiger partial charge in [-0.15, -0.1) is 0 Å². The zero-order valence-corrected chi connectivity index (χ0v) is 12.6. The average Bonchev–Trinajstić information content (AvgIpc) is 2.87. The van der Waals surface area contributed by atoms with Gasteiger partial charge in [-0.3, -0.25) is 0 Å². The standard InChI is InChI=1S/C18H19NS/c1-2-20-13-12-19-17-11-7-6-10-16(17)14-18(19)15-8-4-3-5-9-15/h3-11,14H,2,12-13H2,1H3. The first-order valence-electron chi connectivity index (χ1n) is 7.11. The summed E-state index contributed by atoms with van der Waals surface area (Å²) < 4.78 is 2.45. The number of benzene rings is 2. The molecule has 0 unspecified atom stereocenters. The topological polar surface area (TPSA) is 4.93 Å². The minimum atomic E-state index is 1.07. The van der Waals surface area contributed by atoms with Gasteiger partial charge in [0.05, 0.1) is 0 Å². The second-order valence-electron chi connectivity index (χ2n) is 4.80. The molecule has 2 heteroatoms. The maximum absolute atomic E-state index is 2.45. The van der Waals surface area contributed by atoms with Crippen molar-refractivity contribution >= 4 is 22.7 Å². The third-order valence-electron chi connectivity index (χ3n) is 3.54. The Labute approximate surface area is 124 Å². The van der Waals surface area contributed by atoms with Crippen LogP contribution in [0.1, 0.15) is 6.92 Å². The van der Waals surface area contributed by atoms with E-state index in [0.29, 0.717) is 0 Å². The second kappa shape index (κ2) is 6.19. The lowest BCUT2D eigenvalue weighted by Crippen LogP contribution is -2.02. The van der Waals surface area contributed by atoms with Crippen LogP contribution >= 0.6 is 11.8 Å². The van der Waals surface area contributed by atoms with Crippen molar-refractivity contribution in [1.82, 2.24) is 4.57 Å². The van der Waals surface area contributed by atoms with Gasteiger partial charge in [-0.2, -0.15) is 11.8 Å². The maximum atomic E-state index is 2.45. The fourth-order valence-corrected chi connectivity index (χ4v) is 3.20. The Bertz CT molecular complexity index is 685. The largest absolute Gasteiger partial charge is 0.340 e. The fraction of sp³-hybridized carbons (Fsp3) is 0.222. The van der Waals surface area contributed by atoms with Crippen molar-refractivity contribution in [1.29, 1.82) is 0 Å². The lowest BCUT2D eigenvalue weighted by atomic mass is 10.1. The van der Waals surface area contributed by atoms with Crippen molar-refractivity contribution in [2.24, 2.45) is 0 Å². The van der Waals surface area contributed by atoms with E-state index in [1.54, 1.807) is 0 Å². The molecule has 0 amide bonds. The molecule has 1 heterocycles. The molecule has 3 rings (SSSR count). The number of nitrogens with zero attached hydrogens (tertiary/aromatic N) is 1. The molecule has 0 fully saturated rings. The number of aromatic nitrogens is 1. The van der Waals surface area contributed by atoms with E-state index in [-0.39, 0.29) is 0 Å². The van der Waals surface area contributed by atoms with Crippen molar-refractivity contribution in [2.75, 3.05) is 11.5 Å². The van der Waals surface area contributed by atoms with Gasteiger partial charge < -0.3 is 4.57 Å². The van der Waals surface area contributed by atoms with E-state index in [2.05, 4.69) is 72.2 Å². The van der Waals surface area contributed by atoms with Crippen LogP contribution in [-0.2, 0) is 6.54 Å². The molecule has 0 saturated carbocycles. The van der Waals surface area contributed by atoms with Crippen LogP contribution in [0.25, 0.3) is 22.2 Å². The smallest absolute Gasteiger partial charge is 0.0491 e. The molecule has 1 aromatic heterocycles. The average molecular weight is 281 g/mol. The molecule has 0 N–H and O–H groups in total. The highest BCUT2D eigenvalue weighted by molar-refractivity contribution is 7.99. The first-order valence-corrected chi connectivity index (χ1v) is 8.27.